The van der Waals surface area contributed by atoms with Gasteiger partial charge in [0.1, 0.15) is 9.84 Å². The van der Waals surface area contributed by atoms with Gasteiger partial charge in [-0.3, -0.25) is 4.79 Å². The number of amides is 1. The topological polar surface area (TPSA) is 83.7 Å². The van der Waals surface area contributed by atoms with Gasteiger partial charge < -0.3 is 14.3 Å². The zero-order valence-electron chi connectivity index (χ0n) is 18.1. The molecule has 2 aromatic rings. The second-order valence-electron chi connectivity index (χ2n) is 7.61. The molecule has 4 heterocycles. The van der Waals surface area contributed by atoms with Crippen LogP contribution >= 0.6 is 11.3 Å². The van der Waals surface area contributed by atoms with E-state index in [0.717, 1.165) is 17.4 Å². The molecule has 7 nitrogen and oxygen atoms in total. The fourth-order valence-electron chi connectivity index (χ4n) is 3.93. The monoisotopic (exact) mass is 511 g/mol. The van der Waals surface area contributed by atoms with Crippen molar-refractivity contribution in [3.63, 3.8) is 0 Å². The first-order chi connectivity index (χ1) is 15.5. The van der Waals surface area contributed by atoms with Gasteiger partial charge in [0, 0.05) is 36.5 Å². The number of hydrogen-bond acceptors (Lipinski definition) is 7. The third kappa shape index (κ3) is 5.86. The van der Waals surface area contributed by atoms with E-state index in [2.05, 4.69) is 9.68 Å². The number of nitrogens with zero attached hydrogens (tertiary/aromatic N) is 3. The van der Waals surface area contributed by atoms with E-state index in [1.54, 1.807) is 15.9 Å². The molecule has 1 amide bonds. The average Bonchev–Trinajstić information content (AvgIpc) is 3.44. The Morgan fingerprint density at radius 2 is 1.85 bits per heavy atom. The number of sulfone groups is 1. The number of carbonyl (C=O) groups excluding carboxylic acids is 1. The molecule has 0 aliphatic carbocycles. The van der Waals surface area contributed by atoms with Gasteiger partial charge in [0.25, 0.3) is 0 Å². The summed E-state index contributed by atoms with van der Waals surface area (Å²) in [6.07, 6.45) is -4.21. The molecule has 0 N–H and O–H groups in total. The molecule has 0 saturated carbocycles. The molecular formula is C20H25F4N3O4S2. The Hall–Kier alpha value is -2.15. The van der Waals surface area contributed by atoms with Crippen LogP contribution in [0.3, 0.4) is 0 Å². The van der Waals surface area contributed by atoms with E-state index < -0.39 is 38.9 Å². The molecular weight excluding hydrogens is 486 g/mol. The molecule has 184 valence electrons. The summed E-state index contributed by atoms with van der Waals surface area (Å²) in [6, 6.07) is 3.02. The summed E-state index contributed by atoms with van der Waals surface area (Å²) in [5.74, 6) is -2.01. The Balaban J connectivity index is 0.00000149. The van der Waals surface area contributed by atoms with E-state index in [4.69, 9.17) is 0 Å². The Morgan fingerprint density at radius 3 is 2.39 bits per heavy atom. The minimum atomic E-state index is -4.67. The van der Waals surface area contributed by atoms with Crippen LogP contribution in [-0.2, 0) is 20.8 Å². The number of carbonyl (C=O) groups is 1. The smallest absolute Gasteiger partial charge is 0.350 e. The van der Waals surface area contributed by atoms with Crippen LogP contribution < -0.4 is 4.90 Å². The van der Waals surface area contributed by atoms with Crippen LogP contribution in [0.5, 0.6) is 0 Å². The summed E-state index contributed by atoms with van der Waals surface area (Å²) in [7, 11) is -3.13. The maximum atomic E-state index is 13.7. The molecule has 0 aromatic carbocycles. The molecule has 13 heteroatoms. The second-order valence-corrected chi connectivity index (χ2v) is 11.0. The highest BCUT2D eigenvalue weighted by molar-refractivity contribution is 7.91. The lowest BCUT2D eigenvalue weighted by atomic mass is 9.98. The highest BCUT2D eigenvalue weighted by Gasteiger charge is 2.40. The second kappa shape index (κ2) is 10.00. The third-order valence-electron chi connectivity index (χ3n) is 5.59. The molecule has 33 heavy (non-hydrogen) atoms. The molecule has 1 unspecified atom stereocenters. The third-order valence-corrected chi connectivity index (χ3v) is 8.28. The van der Waals surface area contributed by atoms with E-state index in [9.17, 15) is 30.8 Å². The number of alkyl halides is 3. The van der Waals surface area contributed by atoms with Gasteiger partial charge in [0.2, 0.25) is 11.7 Å². The molecule has 2 aromatic heterocycles. The number of anilines is 1. The predicted molar refractivity (Wildman–Crippen MR) is 115 cm³/mol. The van der Waals surface area contributed by atoms with Gasteiger partial charge in [0.15, 0.2) is 10.9 Å². The summed E-state index contributed by atoms with van der Waals surface area (Å²) in [5.41, 5.74) is 0. The summed E-state index contributed by atoms with van der Waals surface area (Å²) in [4.78, 5) is 16.9. The Bertz CT molecular complexity index is 1050. The molecule has 0 radical (unpaired) electrons. The van der Waals surface area contributed by atoms with Crippen LogP contribution in [0.2, 0.25) is 0 Å². The summed E-state index contributed by atoms with van der Waals surface area (Å²) >= 11 is 0.862. The fraction of sp³-hybridized carbons (Fsp3) is 0.600. The minimum absolute atomic E-state index is 0.00906. The molecule has 0 bridgehead atoms. The van der Waals surface area contributed by atoms with Gasteiger partial charge >= 0.3 is 6.18 Å². The van der Waals surface area contributed by atoms with Gasteiger partial charge in [-0.2, -0.15) is 17.6 Å². The van der Waals surface area contributed by atoms with Crippen molar-refractivity contribution in [3.8, 4) is 0 Å². The van der Waals surface area contributed by atoms with E-state index in [0.29, 0.717) is 4.88 Å². The van der Waals surface area contributed by atoms with E-state index in [1.165, 1.54) is 6.07 Å². The van der Waals surface area contributed by atoms with Crippen LogP contribution in [-0.4, -0.2) is 55.5 Å². The van der Waals surface area contributed by atoms with Crippen molar-refractivity contribution in [1.29, 1.82) is 0 Å². The highest BCUT2D eigenvalue weighted by atomic mass is 32.2. The van der Waals surface area contributed by atoms with Crippen LogP contribution in [0, 0.1) is 11.0 Å². The number of rotatable bonds is 3. The Morgan fingerprint density at radius 1 is 1.18 bits per heavy atom. The molecule has 4 rings (SSSR count). The first-order valence-electron chi connectivity index (χ1n) is 10.6. The molecule has 2 aliphatic rings. The molecule has 1 atom stereocenters. The maximum absolute atomic E-state index is 13.7. The van der Waals surface area contributed by atoms with Crippen molar-refractivity contribution in [1.82, 2.24) is 10.1 Å². The normalized spacial score (nSPS) is 21.5. The predicted octanol–water partition coefficient (Wildman–Crippen LogP) is 4.13. The Labute approximate surface area is 193 Å². The minimum Gasteiger partial charge on any atom is -0.350 e. The standard InChI is InChI=1S/C18H19F4N3O4S2.C2H6/c19-15-2-1-13(30-15)12-10-24(16-9-14(29-23-16)18(20,21)22)5-6-25(12)17(26)11-3-7-31(27,28)8-4-11;1-2/h1-2,9,11-12H,3-8,10H2;1-2H3. The molecule has 2 aliphatic heterocycles. The summed E-state index contributed by atoms with van der Waals surface area (Å²) < 4.78 is 80.0. The first kappa shape index (κ1) is 25.5. The van der Waals surface area contributed by atoms with Crippen molar-refractivity contribution < 1.29 is 35.3 Å². The number of halogens is 4. The lowest BCUT2D eigenvalue weighted by Crippen LogP contribution is -2.52. The van der Waals surface area contributed by atoms with Gasteiger partial charge in [-0.05, 0) is 25.0 Å². The van der Waals surface area contributed by atoms with Crippen LogP contribution in [0.15, 0.2) is 22.7 Å². The van der Waals surface area contributed by atoms with Gasteiger partial charge in [-0.25, -0.2) is 8.42 Å². The van der Waals surface area contributed by atoms with Crippen molar-refractivity contribution >= 4 is 32.9 Å². The zero-order chi connectivity index (χ0) is 24.4. The SMILES string of the molecule is CC.O=C(C1CCS(=O)(=O)CC1)N1CCN(c2cc(C(F)(F)F)on2)CC1c1ccc(F)s1. The number of aromatic nitrogens is 1. The largest absolute Gasteiger partial charge is 0.452 e. The fourth-order valence-corrected chi connectivity index (χ4v) is 6.25. The summed E-state index contributed by atoms with van der Waals surface area (Å²) in [5, 5.41) is 3.06. The first-order valence-corrected chi connectivity index (χ1v) is 13.2. The van der Waals surface area contributed by atoms with Crippen molar-refractivity contribution in [2.24, 2.45) is 5.92 Å². The quantitative estimate of drug-likeness (QED) is 0.576. The zero-order valence-corrected chi connectivity index (χ0v) is 19.8. The molecule has 0 spiro atoms. The maximum Gasteiger partial charge on any atom is 0.452 e. The number of piperazine rings is 1. The number of hydrogen-bond donors (Lipinski definition) is 0. The van der Waals surface area contributed by atoms with Crippen LogP contribution in [0.25, 0.3) is 0 Å². The highest BCUT2D eigenvalue weighted by Crippen LogP contribution is 2.36. The van der Waals surface area contributed by atoms with E-state index >= 15 is 0 Å². The van der Waals surface area contributed by atoms with E-state index in [-0.39, 0.29) is 55.7 Å². The van der Waals surface area contributed by atoms with Crippen molar-refractivity contribution in [2.45, 2.75) is 38.9 Å². The molecule has 2 saturated heterocycles. The van der Waals surface area contributed by atoms with Crippen molar-refractivity contribution in [3.05, 3.63) is 34.0 Å². The van der Waals surface area contributed by atoms with Crippen LogP contribution in [0.1, 0.15) is 43.4 Å². The average molecular weight is 512 g/mol. The van der Waals surface area contributed by atoms with Crippen LogP contribution in [0.4, 0.5) is 23.4 Å². The molecule has 2 fully saturated rings. The van der Waals surface area contributed by atoms with Gasteiger partial charge in [0.05, 0.1) is 17.5 Å². The summed E-state index contributed by atoms with van der Waals surface area (Å²) in [6.45, 7) is 4.51. The lowest BCUT2D eigenvalue weighted by Gasteiger charge is -2.42. The Kier molecular flexibility index (Phi) is 7.72. The lowest BCUT2D eigenvalue weighted by molar-refractivity contribution is -0.155. The van der Waals surface area contributed by atoms with E-state index in [1.807, 2.05) is 13.8 Å². The van der Waals surface area contributed by atoms with Gasteiger partial charge in [-0.15, -0.1) is 11.3 Å². The number of thiophene rings is 1. The van der Waals surface area contributed by atoms with Crippen molar-refractivity contribution in [2.75, 3.05) is 36.0 Å². The van der Waals surface area contributed by atoms with Gasteiger partial charge in [-0.1, -0.05) is 19.0 Å².